The number of fused-ring (bicyclic) bond motifs is 1. The van der Waals surface area contributed by atoms with E-state index >= 15 is 0 Å². The van der Waals surface area contributed by atoms with E-state index in [4.69, 9.17) is 9.72 Å². The van der Waals surface area contributed by atoms with E-state index in [1.54, 1.807) is 16.2 Å². The molecular weight excluding hydrogens is 556 g/mol. The third-order valence-electron chi connectivity index (χ3n) is 7.99. The molecule has 0 bridgehead atoms. The van der Waals surface area contributed by atoms with Crippen molar-refractivity contribution in [2.24, 2.45) is 0 Å². The maximum absolute atomic E-state index is 12.8. The Morgan fingerprint density at radius 2 is 1.79 bits per heavy atom. The van der Waals surface area contributed by atoms with Gasteiger partial charge in [-0.15, -0.1) is 11.3 Å². The molecule has 2 aromatic carbocycles. The van der Waals surface area contributed by atoms with Gasteiger partial charge in [-0.3, -0.25) is 4.90 Å². The van der Waals surface area contributed by atoms with E-state index in [0.717, 1.165) is 74.2 Å². The highest BCUT2D eigenvalue weighted by atomic mass is 32.1. The number of hydrogen-bond acceptors (Lipinski definition) is 6. The number of aromatic nitrogens is 5. The number of ether oxygens (including phenoxy) is 1. The van der Waals surface area contributed by atoms with Gasteiger partial charge in [-0.05, 0) is 68.9 Å². The number of imidazole rings is 2. The zero-order chi connectivity index (χ0) is 30.1. The zero-order valence-electron chi connectivity index (χ0n) is 25.6. The summed E-state index contributed by atoms with van der Waals surface area (Å²) < 4.78 is 6.78. The summed E-state index contributed by atoms with van der Waals surface area (Å²) in [5.74, 6) is 2.26. The summed E-state index contributed by atoms with van der Waals surface area (Å²) in [4.78, 5) is 35.7. The molecule has 224 valence electrons. The van der Waals surface area contributed by atoms with Crippen molar-refractivity contribution in [1.82, 2.24) is 29.8 Å². The maximum Gasteiger partial charge on any atom is 0.410 e. The molecule has 8 nitrogen and oxygen atoms in total. The molecule has 0 spiro atoms. The first-order chi connectivity index (χ1) is 20.7. The minimum absolute atomic E-state index is 0.100. The quantitative estimate of drug-likeness (QED) is 0.186. The molecule has 1 saturated heterocycles. The summed E-state index contributed by atoms with van der Waals surface area (Å²) in [5, 5.41) is 0.964. The Balaban J connectivity index is 1.16. The van der Waals surface area contributed by atoms with Gasteiger partial charge in [0.2, 0.25) is 0 Å². The van der Waals surface area contributed by atoms with Crippen LogP contribution in [0, 0.1) is 0 Å². The molecule has 0 aliphatic carbocycles. The lowest BCUT2D eigenvalue weighted by atomic mass is 10.0. The van der Waals surface area contributed by atoms with Gasteiger partial charge in [0, 0.05) is 12.5 Å². The average Bonchev–Trinajstić information content (AvgIpc) is 3.79. The highest BCUT2D eigenvalue weighted by Crippen LogP contribution is 2.35. The lowest BCUT2D eigenvalue weighted by Gasteiger charge is -2.27. The molecule has 1 fully saturated rings. The van der Waals surface area contributed by atoms with Gasteiger partial charge in [0.05, 0.1) is 40.0 Å². The van der Waals surface area contributed by atoms with E-state index < -0.39 is 5.60 Å². The molecule has 6 rings (SSSR count). The van der Waals surface area contributed by atoms with Gasteiger partial charge in [-0.1, -0.05) is 57.0 Å². The summed E-state index contributed by atoms with van der Waals surface area (Å²) in [6.45, 7) is 10.8. The number of nitrogens with zero attached hydrogens (tertiary/aromatic N) is 4. The number of unbranched alkanes of at least 4 members (excludes halogenated alkanes) is 1. The van der Waals surface area contributed by atoms with Crippen LogP contribution in [0.5, 0.6) is 0 Å². The van der Waals surface area contributed by atoms with E-state index in [1.165, 1.54) is 12.8 Å². The summed E-state index contributed by atoms with van der Waals surface area (Å²) in [6, 6.07) is 14.8. The van der Waals surface area contributed by atoms with Gasteiger partial charge >= 0.3 is 6.09 Å². The maximum atomic E-state index is 12.8. The molecule has 4 heterocycles. The third kappa shape index (κ3) is 6.37. The van der Waals surface area contributed by atoms with Crippen molar-refractivity contribution < 1.29 is 9.53 Å². The number of benzene rings is 2. The van der Waals surface area contributed by atoms with E-state index in [-0.39, 0.29) is 12.1 Å². The molecule has 1 aliphatic rings. The average molecular weight is 597 g/mol. The second kappa shape index (κ2) is 12.0. The van der Waals surface area contributed by atoms with Crippen molar-refractivity contribution >= 4 is 27.6 Å². The number of nitrogens with one attached hydrogen (secondary N) is 2. The number of carbonyl (C=O) groups is 1. The largest absolute Gasteiger partial charge is 0.444 e. The number of carbonyl (C=O) groups excluding carboxylic acids is 1. The lowest BCUT2D eigenvalue weighted by Crippen LogP contribution is -2.36. The standard InChI is InChI=1S/C34H40N6O2S/c1-6-7-9-21(2)30-35-20-27(38-30)32-39-25-16-15-24(18-29(25)43-32)22-11-13-23(14-12-22)26-19-36-31(37-26)28-10-8-17-40(28)33(41)42-34(3,4)5/h11-16,18-21,28H,6-10,17H2,1-5H3,(H,35,38)(H,36,37)/t21-,28-/m0/s1. The monoisotopic (exact) mass is 596 g/mol. The van der Waals surface area contributed by atoms with Crippen LogP contribution in [0.4, 0.5) is 4.79 Å². The third-order valence-corrected chi connectivity index (χ3v) is 9.04. The van der Waals surface area contributed by atoms with Crippen molar-refractivity contribution in [3.63, 3.8) is 0 Å². The molecular formula is C34H40N6O2S. The molecule has 1 amide bonds. The topological polar surface area (TPSA) is 99.8 Å². The van der Waals surface area contributed by atoms with Gasteiger partial charge in [0.25, 0.3) is 0 Å². The number of H-pyrrole nitrogens is 2. The van der Waals surface area contributed by atoms with Crippen LogP contribution in [0.3, 0.4) is 0 Å². The highest BCUT2D eigenvalue weighted by Gasteiger charge is 2.34. The normalized spacial score (nSPS) is 16.2. The second-order valence-electron chi connectivity index (χ2n) is 12.5. The van der Waals surface area contributed by atoms with Crippen LogP contribution in [0.1, 0.15) is 90.3 Å². The molecule has 0 unspecified atom stereocenters. The number of hydrogen-bond donors (Lipinski definition) is 2. The Morgan fingerprint density at radius 3 is 2.56 bits per heavy atom. The van der Waals surface area contributed by atoms with Gasteiger partial charge in [0.1, 0.15) is 22.3 Å². The van der Waals surface area contributed by atoms with Crippen LogP contribution in [0.15, 0.2) is 54.9 Å². The molecule has 2 N–H and O–H groups in total. The van der Waals surface area contributed by atoms with E-state index in [9.17, 15) is 4.79 Å². The number of likely N-dealkylation sites (tertiary alicyclic amines) is 1. The van der Waals surface area contributed by atoms with Gasteiger partial charge in [-0.25, -0.2) is 19.7 Å². The Bertz CT molecular complexity index is 1710. The van der Waals surface area contributed by atoms with Gasteiger partial charge in [0.15, 0.2) is 0 Å². The number of thiazole rings is 1. The molecule has 0 radical (unpaired) electrons. The predicted molar refractivity (Wildman–Crippen MR) is 173 cm³/mol. The smallest absolute Gasteiger partial charge is 0.410 e. The Morgan fingerprint density at radius 1 is 1.05 bits per heavy atom. The summed E-state index contributed by atoms with van der Waals surface area (Å²) in [5.41, 5.74) is 5.72. The summed E-state index contributed by atoms with van der Waals surface area (Å²) in [6.07, 6.45) is 8.83. The first-order valence-electron chi connectivity index (χ1n) is 15.3. The molecule has 2 atom stereocenters. The first-order valence-corrected chi connectivity index (χ1v) is 16.1. The second-order valence-corrected chi connectivity index (χ2v) is 13.5. The van der Waals surface area contributed by atoms with Crippen molar-refractivity contribution in [2.75, 3.05) is 6.54 Å². The van der Waals surface area contributed by atoms with Crippen LogP contribution in [-0.2, 0) is 4.74 Å². The van der Waals surface area contributed by atoms with Crippen LogP contribution < -0.4 is 0 Å². The molecule has 5 aromatic rings. The molecule has 3 aromatic heterocycles. The first kappa shape index (κ1) is 29.1. The molecule has 9 heteroatoms. The predicted octanol–water partition coefficient (Wildman–Crippen LogP) is 9.11. The van der Waals surface area contributed by atoms with Crippen LogP contribution in [0.2, 0.25) is 0 Å². The van der Waals surface area contributed by atoms with E-state index in [1.807, 2.05) is 33.2 Å². The van der Waals surface area contributed by atoms with Crippen molar-refractivity contribution in [3.05, 3.63) is 66.5 Å². The zero-order valence-corrected chi connectivity index (χ0v) is 26.4. The Kier molecular flexibility index (Phi) is 8.09. The SMILES string of the molecule is CCCC[C@H](C)c1ncc(-c2nc3ccc(-c4ccc(-c5cnc([C@@H]6CCCN6C(=O)OC(C)(C)C)[nH]5)cc4)cc3s2)[nH]1. The number of rotatable bonds is 8. The van der Waals surface area contributed by atoms with Gasteiger partial charge < -0.3 is 14.7 Å². The van der Waals surface area contributed by atoms with E-state index in [0.29, 0.717) is 12.5 Å². The minimum Gasteiger partial charge on any atom is -0.444 e. The van der Waals surface area contributed by atoms with Crippen molar-refractivity contribution in [2.45, 2.75) is 84.3 Å². The van der Waals surface area contributed by atoms with Crippen molar-refractivity contribution in [1.29, 1.82) is 0 Å². The van der Waals surface area contributed by atoms with Crippen LogP contribution in [0.25, 0.3) is 43.3 Å². The van der Waals surface area contributed by atoms with Gasteiger partial charge in [-0.2, -0.15) is 0 Å². The fourth-order valence-electron chi connectivity index (χ4n) is 5.65. The summed E-state index contributed by atoms with van der Waals surface area (Å²) in [7, 11) is 0. The van der Waals surface area contributed by atoms with Crippen LogP contribution >= 0.6 is 11.3 Å². The lowest BCUT2D eigenvalue weighted by molar-refractivity contribution is 0.0218. The highest BCUT2D eigenvalue weighted by molar-refractivity contribution is 7.21. The van der Waals surface area contributed by atoms with Crippen molar-refractivity contribution in [3.8, 4) is 33.1 Å². The molecule has 0 saturated carbocycles. The van der Waals surface area contributed by atoms with Crippen LogP contribution in [-0.4, -0.2) is 48.1 Å². The minimum atomic E-state index is -0.525. The molecule has 1 aliphatic heterocycles. The Hall–Kier alpha value is -3.98. The Labute approximate surface area is 257 Å². The fourth-order valence-corrected chi connectivity index (χ4v) is 6.62. The number of amides is 1. The fraction of sp³-hybridized carbons (Fsp3) is 0.412. The van der Waals surface area contributed by atoms with E-state index in [2.05, 4.69) is 76.2 Å². The summed E-state index contributed by atoms with van der Waals surface area (Å²) >= 11 is 1.69. The molecule has 43 heavy (non-hydrogen) atoms. The number of aromatic amines is 2.